The minimum absolute atomic E-state index is 1.02. The van der Waals surface area contributed by atoms with Crippen LogP contribution in [0.15, 0.2) is 12.2 Å². The van der Waals surface area contributed by atoms with E-state index in [4.69, 9.17) is 0 Å². The summed E-state index contributed by atoms with van der Waals surface area (Å²) in [7, 11) is 0. The third-order valence-corrected chi connectivity index (χ3v) is 2.47. The van der Waals surface area contributed by atoms with Crippen molar-refractivity contribution in [2.24, 2.45) is 5.92 Å². The Morgan fingerprint density at radius 2 is 2.00 bits per heavy atom. The average Bonchev–Trinajstić information content (AvgIpc) is 1.87. The van der Waals surface area contributed by atoms with E-state index in [0.29, 0.717) is 0 Å². The van der Waals surface area contributed by atoms with Crippen molar-refractivity contribution in [1.29, 1.82) is 0 Å². The molecule has 1 aliphatic rings. The quantitative estimate of drug-likeness (QED) is 0.486. The van der Waals surface area contributed by atoms with E-state index >= 15 is 0 Å². The van der Waals surface area contributed by atoms with Crippen molar-refractivity contribution in [3.8, 4) is 0 Å². The second-order valence-corrected chi connectivity index (χ2v) is 3.25. The summed E-state index contributed by atoms with van der Waals surface area (Å²) in [4.78, 5) is 0. The van der Waals surface area contributed by atoms with Crippen LogP contribution in [-0.2, 0) is 0 Å². The van der Waals surface area contributed by atoms with Crippen LogP contribution in [0.4, 0.5) is 0 Å². The molecule has 0 aromatic heterocycles. The second-order valence-electron chi connectivity index (χ2n) is 3.25. The van der Waals surface area contributed by atoms with E-state index in [-0.39, 0.29) is 0 Å². The van der Waals surface area contributed by atoms with Gasteiger partial charge in [0.25, 0.3) is 0 Å². The number of hydrogen-bond donors (Lipinski definition) is 0. The number of allylic oxidation sites excluding steroid dienone is 2. The van der Waals surface area contributed by atoms with Gasteiger partial charge in [-0.05, 0) is 31.6 Å². The van der Waals surface area contributed by atoms with Crippen LogP contribution in [0.2, 0.25) is 0 Å². The van der Waals surface area contributed by atoms with E-state index < -0.39 is 0 Å². The first-order valence-corrected chi connectivity index (χ1v) is 4.58. The summed E-state index contributed by atoms with van der Waals surface area (Å²) in [5.41, 5.74) is 0. The first-order valence-electron chi connectivity index (χ1n) is 4.58. The Morgan fingerprint density at radius 1 is 1.20 bits per heavy atom. The molecule has 0 aromatic carbocycles. The number of rotatable bonds is 1. The van der Waals surface area contributed by atoms with Gasteiger partial charge in [0.15, 0.2) is 0 Å². The van der Waals surface area contributed by atoms with Gasteiger partial charge in [0.2, 0.25) is 0 Å². The SMILES string of the molecule is CCC1CC/C=C/CCC1. The van der Waals surface area contributed by atoms with E-state index in [1.165, 1.54) is 38.5 Å². The van der Waals surface area contributed by atoms with Gasteiger partial charge < -0.3 is 0 Å². The minimum atomic E-state index is 1.02. The fourth-order valence-corrected chi connectivity index (χ4v) is 1.64. The Morgan fingerprint density at radius 3 is 2.80 bits per heavy atom. The fourth-order valence-electron chi connectivity index (χ4n) is 1.64. The van der Waals surface area contributed by atoms with E-state index in [0.717, 1.165) is 5.92 Å². The van der Waals surface area contributed by atoms with Crippen molar-refractivity contribution < 1.29 is 0 Å². The van der Waals surface area contributed by atoms with Gasteiger partial charge in [0, 0.05) is 0 Å². The maximum atomic E-state index is 2.35. The monoisotopic (exact) mass is 138 g/mol. The molecule has 58 valence electrons. The zero-order valence-corrected chi connectivity index (χ0v) is 6.97. The van der Waals surface area contributed by atoms with Gasteiger partial charge in [-0.1, -0.05) is 31.9 Å². The Hall–Kier alpha value is -0.260. The van der Waals surface area contributed by atoms with Crippen LogP contribution < -0.4 is 0 Å². The van der Waals surface area contributed by atoms with Gasteiger partial charge in [-0.3, -0.25) is 0 Å². The predicted octanol–water partition coefficient (Wildman–Crippen LogP) is 3.53. The Kier molecular flexibility index (Phi) is 3.56. The molecule has 0 saturated heterocycles. The summed E-state index contributed by atoms with van der Waals surface area (Å²) >= 11 is 0. The molecule has 0 spiro atoms. The molecular formula is C10H18. The van der Waals surface area contributed by atoms with E-state index in [1.54, 1.807) is 0 Å². The molecule has 0 N–H and O–H groups in total. The molecule has 1 rings (SSSR count). The summed E-state index contributed by atoms with van der Waals surface area (Å²) in [6.45, 7) is 2.32. The van der Waals surface area contributed by atoms with Crippen LogP contribution in [0.1, 0.15) is 45.4 Å². The van der Waals surface area contributed by atoms with Gasteiger partial charge in [-0.15, -0.1) is 0 Å². The molecule has 0 fully saturated rings. The molecule has 0 radical (unpaired) electrons. The minimum Gasteiger partial charge on any atom is -0.0885 e. The molecule has 1 aliphatic carbocycles. The average molecular weight is 138 g/mol. The first kappa shape index (κ1) is 7.84. The molecule has 0 saturated carbocycles. The molecule has 10 heavy (non-hydrogen) atoms. The second kappa shape index (κ2) is 4.54. The fraction of sp³-hybridized carbons (Fsp3) is 0.800. The number of hydrogen-bond acceptors (Lipinski definition) is 0. The summed E-state index contributed by atoms with van der Waals surface area (Å²) in [5.74, 6) is 1.02. The lowest BCUT2D eigenvalue weighted by atomic mass is 9.92. The van der Waals surface area contributed by atoms with E-state index in [2.05, 4.69) is 19.1 Å². The topological polar surface area (TPSA) is 0 Å². The third kappa shape index (κ3) is 2.55. The Balaban J connectivity index is 2.27. The van der Waals surface area contributed by atoms with Gasteiger partial charge in [0.1, 0.15) is 0 Å². The van der Waals surface area contributed by atoms with Crippen molar-refractivity contribution in [2.45, 2.75) is 45.4 Å². The molecule has 0 bridgehead atoms. The molecule has 0 heterocycles. The largest absolute Gasteiger partial charge is 0.0885 e. The Bertz CT molecular complexity index is 103. The van der Waals surface area contributed by atoms with E-state index in [1.807, 2.05) is 0 Å². The first-order chi connectivity index (χ1) is 4.93. The zero-order valence-electron chi connectivity index (χ0n) is 6.97. The summed E-state index contributed by atoms with van der Waals surface area (Å²) < 4.78 is 0. The highest BCUT2D eigenvalue weighted by Gasteiger charge is 2.05. The predicted molar refractivity (Wildman–Crippen MR) is 46.0 cm³/mol. The highest BCUT2D eigenvalue weighted by atomic mass is 14.1. The van der Waals surface area contributed by atoms with Crippen molar-refractivity contribution in [3.05, 3.63) is 12.2 Å². The van der Waals surface area contributed by atoms with Crippen LogP contribution >= 0.6 is 0 Å². The lowest BCUT2D eigenvalue weighted by molar-refractivity contribution is 0.423. The standard InChI is InChI=1S/C10H18/c1-2-10-8-6-4-3-5-7-9-10/h3-4,10H,2,5-9H2,1H3/b4-3+. The molecule has 0 heteroatoms. The third-order valence-electron chi connectivity index (χ3n) is 2.47. The normalized spacial score (nSPS) is 30.7. The van der Waals surface area contributed by atoms with Gasteiger partial charge in [0.05, 0.1) is 0 Å². The maximum absolute atomic E-state index is 2.35. The molecule has 0 aliphatic heterocycles. The molecule has 0 aromatic rings. The van der Waals surface area contributed by atoms with Crippen LogP contribution in [0.3, 0.4) is 0 Å². The Labute approximate surface area is 64.3 Å². The maximum Gasteiger partial charge on any atom is -0.0348 e. The van der Waals surface area contributed by atoms with Crippen LogP contribution in [0, 0.1) is 5.92 Å². The van der Waals surface area contributed by atoms with Crippen molar-refractivity contribution in [3.63, 3.8) is 0 Å². The van der Waals surface area contributed by atoms with Crippen LogP contribution in [-0.4, -0.2) is 0 Å². The van der Waals surface area contributed by atoms with Gasteiger partial charge in [-0.2, -0.15) is 0 Å². The van der Waals surface area contributed by atoms with Gasteiger partial charge >= 0.3 is 0 Å². The zero-order chi connectivity index (χ0) is 7.23. The van der Waals surface area contributed by atoms with Gasteiger partial charge in [-0.25, -0.2) is 0 Å². The smallest absolute Gasteiger partial charge is 0.0348 e. The lowest BCUT2D eigenvalue weighted by Gasteiger charge is -2.14. The molecular weight excluding hydrogens is 120 g/mol. The van der Waals surface area contributed by atoms with Crippen LogP contribution in [0.5, 0.6) is 0 Å². The lowest BCUT2D eigenvalue weighted by Crippen LogP contribution is -1.99. The summed E-state index contributed by atoms with van der Waals surface area (Å²) in [6, 6.07) is 0. The van der Waals surface area contributed by atoms with Crippen molar-refractivity contribution in [2.75, 3.05) is 0 Å². The molecule has 1 unspecified atom stereocenters. The highest BCUT2D eigenvalue weighted by Crippen LogP contribution is 2.20. The van der Waals surface area contributed by atoms with E-state index in [9.17, 15) is 0 Å². The summed E-state index contributed by atoms with van der Waals surface area (Å²) in [6.07, 6.45) is 13.0. The molecule has 1 atom stereocenters. The van der Waals surface area contributed by atoms with Crippen molar-refractivity contribution in [1.82, 2.24) is 0 Å². The van der Waals surface area contributed by atoms with Crippen molar-refractivity contribution >= 4 is 0 Å². The molecule has 0 amide bonds. The summed E-state index contributed by atoms with van der Waals surface area (Å²) in [5, 5.41) is 0. The highest BCUT2D eigenvalue weighted by molar-refractivity contribution is 4.84. The molecule has 0 nitrogen and oxygen atoms in total. The van der Waals surface area contributed by atoms with Crippen LogP contribution in [0.25, 0.3) is 0 Å².